The van der Waals surface area contributed by atoms with Gasteiger partial charge in [-0.2, -0.15) is 4.31 Å². The Morgan fingerprint density at radius 3 is 2.32 bits per heavy atom. The van der Waals surface area contributed by atoms with E-state index < -0.39 is 10.0 Å². The fourth-order valence-electron chi connectivity index (χ4n) is 4.66. The van der Waals surface area contributed by atoms with Crippen molar-refractivity contribution in [1.29, 1.82) is 0 Å². The van der Waals surface area contributed by atoms with Crippen molar-refractivity contribution in [3.05, 3.63) is 101 Å². The minimum absolute atomic E-state index is 0.151. The molecule has 0 fully saturated rings. The zero-order valence-electron chi connectivity index (χ0n) is 21.0. The molecule has 5 rings (SSSR count). The van der Waals surface area contributed by atoms with Crippen LogP contribution in [-0.4, -0.2) is 39.9 Å². The molecule has 2 aromatic heterocycles. The summed E-state index contributed by atoms with van der Waals surface area (Å²) < 4.78 is 31.3. The molecule has 0 saturated carbocycles. The van der Waals surface area contributed by atoms with Crippen molar-refractivity contribution in [2.75, 3.05) is 13.1 Å². The highest BCUT2D eigenvalue weighted by molar-refractivity contribution is 7.89. The molecule has 37 heavy (non-hydrogen) atoms. The maximum absolute atomic E-state index is 13.5. The Bertz CT molecular complexity index is 1800. The Balaban J connectivity index is 1.67. The summed E-state index contributed by atoms with van der Waals surface area (Å²) in [7, 11) is -1.67. The molecule has 8 heteroatoms. The van der Waals surface area contributed by atoms with Gasteiger partial charge in [0.25, 0.3) is 5.56 Å². The van der Waals surface area contributed by atoms with Gasteiger partial charge in [0.15, 0.2) is 0 Å². The number of benzene rings is 3. The van der Waals surface area contributed by atoms with E-state index in [1.165, 1.54) is 4.31 Å². The first-order chi connectivity index (χ1) is 17.8. The maximum Gasteiger partial charge on any atom is 0.266 e. The van der Waals surface area contributed by atoms with Gasteiger partial charge in [-0.1, -0.05) is 44.2 Å². The molecule has 5 aromatic rings. The summed E-state index contributed by atoms with van der Waals surface area (Å²) >= 11 is 0. The Kier molecular flexibility index (Phi) is 6.54. The average Bonchev–Trinajstić information content (AvgIpc) is 3.23. The highest BCUT2D eigenvalue weighted by Crippen LogP contribution is 2.27. The van der Waals surface area contributed by atoms with Crippen LogP contribution >= 0.6 is 0 Å². The van der Waals surface area contributed by atoms with Crippen molar-refractivity contribution in [1.82, 2.24) is 18.4 Å². The molecule has 0 atom stereocenters. The molecule has 188 valence electrons. The summed E-state index contributed by atoms with van der Waals surface area (Å²) in [5.41, 5.74) is 2.92. The molecule has 7 nitrogen and oxygen atoms in total. The molecule has 0 aliphatic rings. The molecule has 0 spiro atoms. The van der Waals surface area contributed by atoms with Crippen LogP contribution in [0.3, 0.4) is 0 Å². The Labute approximate surface area is 216 Å². The second kappa shape index (κ2) is 9.80. The lowest BCUT2D eigenvalue weighted by Crippen LogP contribution is -2.30. The lowest BCUT2D eigenvalue weighted by molar-refractivity contribution is 0.445. The smallest absolute Gasteiger partial charge is 0.266 e. The first kappa shape index (κ1) is 24.7. The van der Waals surface area contributed by atoms with E-state index in [4.69, 9.17) is 4.98 Å². The van der Waals surface area contributed by atoms with E-state index in [0.29, 0.717) is 29.8 Å². The van der Waals surface area contributed by atoms with Crippen LogP contribution in [0.2, 0.25) is 0 Å². The number of aryl methyl sites for hydroxylation is 1. The second-order valence-electron chi connectivity index (χ2n) is 8.76. The van der Waals surface area contributed by atoms with Gasteiger partial charge >= 0.3 is 0 Å². The molecule has 0 bridgehead atoms. The van der Waals surface area contributed by atoms with Gasteiger partial charge < -0.3 is 4.57 Å². The van der Waals surface area contributed by atoms with Gasteiger partial charge in [-0.25, -0.2) is 13.4 Å². The van der Waals surface area contributed by atoms with Crippen LogP contribution in [-0.2, 0) is 17.1 Å². The van der Waals surface area contributed by atoms with Crippen molar-refractivity contribution in [3.8, 4) is 5.69 Å². The number of aromatic nitrogens is 3. The predicted octanol–water partition coefficient (Wildman–Crippen LogP) is 5.08. The van der Waals surface area contributed by atoms with E-state index in [2.05, 4.69) is 0 Å². The number of fused-ring (bicyclic) bond motifs is 2. The van der Waals surface area contributed by atoms with Crippen LogP contribution in [0.4, 0.5) is 0 Å². The van der Waals surface area contributed by atoms with Crippen LogP contribution in [0, 0.1) is 0 Å². The number of nitrogens with zero attached hydrogens (tertiary/aromatic N) is 4. The van der Waals surface area contributed by atoms with Gasteiger partial charge in [-0.15, -0.1) is 0 Å². The third kappa shape index (κ3) is 4.39. The number of hydrogen-bond acceptors (Lipinski definition) is 4. The zero-order chi connectivity index (χ0) is 26.2. The van der Waals surface area contributed by atoms with Crippen molar-refractivity contribution >= 4 is 44.0 Å². The molecule has 0 amide bonds. The highest BCUT2D eigenvalue weighted by Gasteiger charge is 2.22. The molecular formula is C29H28N4O3S. The summed E-state index contributed by atoms with van der Waals surface area (Å²) in [6.45, 7) is 4.48. The molecule has 0 saturated heterocycles. The lowest BCUT2D eigenvalue weighted by atomic mass is 10.1. The van der Waals surface area contributed by atoms with Gasteiger partial charge in [0, 0.05) is 42.8 Å². The van der Waals surface area contributed by atoms with Crippen LogP contribution in [0.15, 0.2) is 88.7 Å². The van der Waals surface area contributed by atoms with E-state index in [-0.39, 0.29) is 10.5 Å². The molecule has 0 aliphatic heterocycles. The monoisotopic (exact) mass is 512 g/mol. The Hall–Kier alpha value is -4.01. The largest absolute Gasteiger partial charge is 0.350 e. The quantitative estimate of drug-likeness (QED) is 0.305. The third-order valence-electron chi connectivity index (χ3n) is 6.56. The number of hydrogen-bond donors (Lipinski definition) is 0. The molecule has 0 N–H and O–H groups in total. The molecule has 2 heterocycles. The molecule has 0 radical (unpaired) electrons. The molecular weight excluding hydrogens is 484 g/mol. The minimum atomic E-state index is -3.60. The lowest BCUT2D eigenvalue weighted by Gasteiger charge is -2.18. The van der Waals surface area contributed by atoms with Crippen LogP contribution in [0.5, 0.6) is 0 Å². The molecule has 0 unspecified atom stereocenters. The van der Waals surface area contributed by atoms with Crippen LogP contribution < -0.4 is 5.56 Å². The van der Waals surface area contributed by atoms with E-state index in [1.807, 2.05) is 92.3 Å². The van der Waals surface area contributed by atoms with Crippen molar-refractivity contribution < 1.29 is 8.42 Å². The summed E-state index contributed by atoms with van der Waals surface area (Å²) in [5.74, 6) is 0.485. The van der Waals surface area contributed by atoms with Crippen molar-refractivity contribution in [2.45, 2.75) is 18.7 Å². The highest BCUT2D eigenvalue weighted by atomic mass is 32.2. The fraction of sp³-hybridized carbons (Fsp3) is 0.172. The summed E-state index contributed by atoms with van der Waals surface area (Å²) in [4.78, 5) is 18.5. The van der Waals surface area contributed by atoms with E-state index in [1.54, 1.807) is 28.8 Å². The number of para-hydroxylation sites is 2. The Morgan fingerprint density at radius 1 is 0.892 bits per heavy atom. The van der Waals surface area contributed by atoms with Gasteiger partial charge in [0.05, 0.1) is 21.5 Å². The third-order valence-corrected chi connectivity index (χ3v) is 8.61. The predicted molar refractivity (Wildman–Crippen MR) is 149 cm³/mol. The summed E-state index contributed by atoms with van der Waals surface area (Å²) in [6, 6.07) is 21.9. The molecule has 3 aromatic carbocycles. The minimum Gasteiger partial charge on any atom is -0.350 e. The normalized spacial score (nSPS) is 12.3. The summed E-state index contributed by atoms with van der Waals surface area (Å²) in [6.07, 6.45) is 5.63. The SMILES string of the molecule is CCN(CC)S(=O)(=O)c1ccc2c(c1)c(/C=C/c1nc3ccccc3c(=O)n1-c1ccccc1)cn2C. The fourth-order valence-corrected chi connectivity index (χ4v) is 6.14. The first-order valence-electron chi connectivity index (χ1n) is 12.2. The van der Waals surface area contributed by atoms with E-state index in [0.717, 1.165) is 22.2 Å². The van der Waals surface area contributed by atoms with Crippen LogP contribution in [0.1, 0.15) is 25.2 Å². The van der Waals surface area contributed by atoms with Gasteiger partial charge in [-0.05, 0) is 54.6 Å². The van der Waals surface area contributed by atoms with Crippen LogP contribution in [0.25, 0.3) is 39.6 Å². The zero-order valence-corrected chi connectivity index (χ0v) is 21.8. The van der Waals surface area contributed by atoms with Crippen molar-refractivity contribution in [3.63, 3.8) is 0 Å². The standard InChI is InChI=1S/C29H28N4O3S/c1-4-32(5-2)37(35,36)23-16-17-27-25(19-23)21(20-31(27)3)15-18-28-30-26-14-10-9-13-24(26)29(34)33(28)22-11-7-6-8-12-22/h6-20H,4-5H2,1-3H3/b18-15+. The van der Waals surface area contributed by atoms with E-state index in [9.17, 15) is 13.2 Å². The number of sulfonamides is 1. The van der Waals surface area contributed by atoms with Crippen molar-refractivity contribution in [2.24, 2.45) is 7.05 Å². The van der Waals surface area contributed by atoms with Gasteiger partial charge in [0.1, 0.15) is 5.82 Å². The Morgan fingerprint density at radius 2 is 1.59 bits per heavy atom. The molecule has 0 aliphatic carbocycles. The second-order valence-corrected chi connectivity index (χ2v) is 10.7. The maximum atomic E-state index is 13.5. The van der Waals surface area contributed by atoms with E-state index >= 15 is 0 Å². The topological polar surface area (TPSA) is 77.2 Å². The summed E-state index contributed by atoms with van der Waals surface area (Å²) in [5, 5.41) is 1.35. The van der Waals surface area contributed by atoms with Gasteiger partial charge in [-0.3, -0.25) is 9.36 Å². The first-order valence-corrected chi connectivity index (χ1v) is 13.6. The number of rotatable bonds is 7. The van der Waals surface area contributed by atoms with Gasteiger partial charge in [0.2, 0.25) is 10.0 Å². The average molecular weight is 513 g/mol.